The number of piperidine rings is 1. The van der Waals surface area contributed by atoms with Crippen molar-refractivity contribution in [3.63, 3.8) is 0 Å². The summed E-state index contributed by atoms with van der Waals surface area (Å²) in [5.74, 6) is 1.12. The second-order valence-corrected chi connectivity index (χ2v) is 4.68. The van der Waals surface area contributed by atoms with Crippen molar-refractivity contribution in [2.75, 3.05) is 13.1 Å². The van der Waals surface area contributed by atoms with E-state index in [1.165, 1.54) is 30.5 Å². The number of phenols is 1. The zero-order chi connectivity index (χ0) is 10.4. The van der Waals surface area contributed by atoms with Crippen LogP contribution < -0.4 is 0 Å². The SMILES string of the molecule is CCN1CC[C@@H]2C[C@H]1c1ccc(O)cc12. The van der Waals surface area contributed by atoms with E-state index in [0.717, 1.165) is 6.54 Å². The van der Waals surface area contributed by atoms with Gasteiger partial charge in [-0.05, 0) is 55.1 Å². The molecule has 2 atom stereocenters. The lowest BCUT2D eigenvalue weighted by Gasteiger charge is -2.32. The Hall–Kier alpha value is -1.02. The summed E-state index contributed by atoms with van der Waals surface area (Å²) in [6.07, 6.45) is 2.51. The van der Waals surface area contributed by atoms with Crippen LogP contribution in [0.25, 0.3) is 0 Å². The van der Waals surface area contributed by atoms with E-state index >= 15 is 0 Å². The predicted molar refractivity (Wildman–Crippen MR) is 60.1 cm³/mol. The number of aromatic hydroxyl groups is 1. The normalized spacial score (nSPS) is 29.1. The van der Waals surface area contributed by atoms with Crippen LogP contribution in [-0.2, 0) is 0 Å². The van der Waals surface area contributed by atoms with Crippen LogP contribution in [0.4, 0.5) is 0 Å². The van der Waals surface area contributed by atoms with Crippen LogP contribution in [0.5, 0.6) is 5.75 Å². The molecule has 2 nitrogen and oxygen atoms in total. The Morgan fingerprint density at radius 1 is 1.40 bits per heavy atom. The fourth-order valence-corrected chi connectivity index (χ4v) is 3.22. The molecule has 0 aromatic heterocycles. The third kappa shape index (κ3) is 1.28. The standard InChI is InChI=1S/C13H17NO/c1-2-14-6-5-9-7-13(14)11-4-3-10(15)8-12(9)11/h3-4,8-9,13,15H,2,5-7H2,1H3/t9-,13+/m1/s1. The molecule has 1 aromatic carbocycles. The van der Waals surface area contributed by atoms with Gasteiger partial charge in [0, 0.05) is 6.04 Å². The molecule has 1 heterocycles. The van der Waals surface area contributed by atoms with Crippen molar-refractivity contribution in [1.29, 1.82) is 0 Å². The molecule has 1 saturated heterocycles. The summed E-state index contributed by atoms with van der Waals surface area (Å²) < 4.78 is 0. The van der Waals surface area contributed by atoms with Crippen LogP contribution in [0.2, 0.25) is 0 Å². The van der Waals surface area contributed by atoms with Gasteiger partial charge in [-0.1, -0.05) is 13.0 Å². The van der Waals surface area contributed by atoms with Crippen molar-refractivity contribution < 1.29 is 5.11 Å². The van der Waals surface area contributed by atoms with Gasteiger partial charge in [0.2, 0.25) is 0 Å². The molecule has 2 heteroatoms. The van der Waals surface area contributed by atoms with Crippen LogP contribution >= 0.6 is 0 Å². The van der Waals surface area contributed by atoms with Gasteiger partial charge < -0.3 is 5.11 Å². The maximum atomic E-state index is 9.53. The molecule has 1 aromatic rings. The van der Waals surface area contributed by atoms with E-state index in [4.69, 9.17) is 0 Å². The first kappa shape index (κ1) is 9.22. The quantitative estimate of drug-likeness (QED) is 0.758. The molecule has 2 aliphatic rings. The zero-order valence-corrected chi connectivity index (χ0v) is 9.11. The highest BCUT2D eigenvalue weighted by Gasteiger charge is 2.37. The number of fused-ring (bicyclic) bond motifs is 5. The van der Waals surface area contributed by atoms with Gasteiger partial charge in [0.05, 0.1) is 0 Å². The third-order valence-electron chi connectivity index (χ3n) is 3.99. The Morgan fingerprint density at radius 3 is 3.07 bits per heavy atom. The minimum absolute atomic E-state index is 0.421. The van der Waals surface area contributed by atoms with Crippen molar-refractivity contribution in [3.05, 3.63) is 29.3 Å². The summed E-state index contributed by atoms with van der Waals surface area (Å²) in [5.41, 5.74) is 2.85. The van der Waals surface area contributed by atoms with Crippen LogP contribution in [0.3, 0.4) is 0 Å². The molecular weight excluding hydrogens is 186 g/mol. The van der Waals surface area contributed by atoms with E-state index in [1.807, 2.05) is 12.1 Å². The van der Waals surface area contributed by atoms with Gasteiger partial charge in [-0.2, -0.15) is 0 Å². The van der Waals surface area contributed by atoms with E-state index in [1.54, 1.807) is 0 Å². The molecule has 1 N–H and O–H groups in total. The summed E-state index contributed by atoms with van der Waals surface area (Å²) in [4.78, 5) is 2.55. The predicted octanol–water partition coefficient (Wildman–Crippen LogP) is 2.65. The van der Waals surface area contributed by atoms with Crippen LogP contribution in [0, 0.1) is 0 Å². The molecule has 3 rings (SSSR count). The van der Waals surface area contributed by atoms with Gasteiger partial charge >= 0.3 is 0 Å². The van der Waals surface area contributed by atoms with Crippen molar-refractivity contribution >= 4 is 0 Å². The van der Waals surface area contributed by atoms with Crippen LogP contribution in [0.15, 0.2) is 18.2 Å². The maximum absolute atomic E-state index is 9.53. The molecule has 1 fully saturated rings. The van der Waals surface area contributed by atoms with Crippen molar-refractivity contribution in [1.82, 2.24) is 4.90 Å². The highest BCUT2D eigenvalue weighted by Crippen LogP contribution is 2.49. The van der Waals surface area contributed by atoms with Gasteiger partial charge in [0.25, 0.3) is 0 Å². The summed E-state index contributed by atoms with van der Waals surface area (Å²) >= 11 is 0. The first-order valence-electron chi connectivity index (χ1n) is 5.86. The van der Waals surface area contributed by atoms with Crippen molar-refractivity contribution in [2.45, 2.75) is 31.7 Å². The number of hydrogen-bond acceptors (Lipinski definition) is 2. The van der Waals surface area contributed by atoms with Gasteiger partial charge in [0.1, 0.15) is 5.75 Å². The average Bonchev–Trinajstić information content (AvgIpc) is 2.54. The summed E-state index contributed by atoms with van der Waals surface area (Å²) in [6.45, 7) is 4.58. The Bertz CT molecular complexity index is 388. The fourth-order valence-electron chi connectivity index (χ4n) is 3.22. The first-order valence-corrected chi connectivity index (χ1v) is 5.86. The summed E-state index contributed by atoms with van der Waals surface area (Å²) in [5, 5.41) is 9.53. The molecular formula is C13H17NO. The largest absolute Gasteiger partial charge is 0.508 e. The van der Waals surface area contributed by atoms with E-state index in [0.29, 0.717) is 17.7 Å². The second-order valence-electron chi connectivity index (χ2n) is 4.68. The lowest BCUT2D eigenvalue weighted by Crippen LogP contribution is -2.31. The van der Waals surface area contributed by atoms with Gasteiger partial charge in [0.15, 0.2) is 0 Å². The number of likely N-dealkylation sites (tertiary alicyclic amines) is 1. The monoisotopic (exact) mass is 203 g/mol. The molecule has 0 spiro atoms. The van der Waals surface area contributed by atoms with Crippen molar-refractivity contribution in [2.24, 2.45) is 0 Å². The number of benzene rings is 1. The molecule has 0 unspecified atom stereocenters. The number of rotatable bonds is 1. The molecule has 2 bridgehead atoms. The Kier molecular flexibility index (Phi) is 1.99. The first-order chi connectivity index (χ1) is 7.29. The molecule has 0 amide bonds. The van der Waals surface area contributed by atoms with E-state index in [-0.39, 0.29) is 0 Å². The van der Waals surface area contributed by atoms with Gasteiger partial charge in [-0.15, -0.1) is 0 Å². The van der Waals surface area contributed by atoms with E-state index < -0.39 is 0 Å². The third-order valence-corrected chi connectivity index (χ3v) is 3.99. The van der Waals surface area contributed by atoms with Crippen LogP contribution in [-0.4, -0.2) is 23.1 Å². The minimum atomic E-state index is 0.421. The smallest absolute Gasteiger partial charge is 0.115 e. The zero-order valence-electron chi connectivity index (χ0n) is 9.11. The Morgan fingerprint density at radius 2 is 2.27 bits per heavy atom. The Balaban J connectivity index is 2.06. The van der Waals surface area contributed by atoms with Crippen LogP contribution in [0.1, 0.15) is 42.9 Å². The average molecular weight is 203 g/mol. The highest BCUT2D eigenvalue weighted by atomic mass is 16.3. The number of phenolic OH excluding ortho intramolecular Hbond substituents is 1. The fraction of sp³-hybridized carbons (Fsp3) is 0.538. The molecule has 1 aliphatic carbocycles. The van der Waals surface area contributed by atoms with E-state index in [9.17, 15) is 5.11 Å². The minimum Gasteiger partial charge on any atom is -0.508 e. The number of nitrogens with zero attached hydrogens (tertiary/aromatic N) is 1. The molecule has 0 saturated carbocycles. The molecule has 0 radical (unpaired) electrons. The van der Waals surface area contributed by atoms with Gasteiger partial charge in [-0.25, -0.2) is 0 Å². The lowest BCUT2D eigenvalue weighted by molar-refractivity contribution is 0.161. The summed E-state index contributed by atoms with van der Waals surface area (Å²) in [7, 11) is 0. The van der Waals surface area contributed by atoms with Crippen molar-refractivity contribution in [3.8, 4) is 5.75 Å². The number of hydrogen-bond donors (Lipinski definition) is 1. The molecule has 15 heavy (non-hydrogen) atoms. The Labute approximate surface area is 90.5 Å². The molecule has 80 valence electrons. The highest BCUT2D eigenvalue weighted by molar-refractivity contribution is 5.43. The maximum Gasteiger partial charge on any atom is 0.115 e. The van der Waals surface area contributed by atoms with Gasteiger partial charge in [-0.3, -0.25) is 4.90 Å². The van der Waals surface area contributed by atoms with E-state index in [2.05, 4.69) is 17.9 Å². The summed E-state index contributed by atoms with van der Waals surface area (Å²) in [6, 6.07) is 6.53. The lowest BCUT2D eigenvalue weighted by atomic mass is 9.95. The second kappa shape index (κ2) is 3.24. The topological polar surface area (TPSA) is 23.5 Å². The molecule has 1 aliphatic heterocycles.